The number of nitrogens with one attached hydrogen (secondary N) is 1. The van der Waals surface area contributed by atoms with Crippen LogP contribution < -0.4 is 14.8 Å². The summed E-state index contributed by atoms with van der Waals surface area (Å²) in [5, 5.41) is 3.56. The normalized spacial score (nSPS) is 19.9. The van der Waals surface area contributed by atoms with Gasteiger partial charge in [0.1, 0.15) is 0 Å². The Kier molecular flexibility index (Phi) is 8.24. The predicted octanol–water partition coefficient (Wildman–Crippen LogP) is 3.79. The maximum atomic E-state index is 13.6. The summed E-state index contributed by atoms with van der Waals surface area (Å²) >= 11 is 0. The zero-order valence-electron chi connectivity index (χ0n) is 19.8. The van der Waals surface area contributed by atoms with E-state index in [0.29, 0.717) is 48.2 Å². The van der Waals surface area contributed by atoms with Crippen LogP contribution in [0.25, 0.3) is 0 Å². The number of hydrogen-bond donors (Lipinski definition) is 1. The van der Waals surface area contributed by atoms with Gasteiger partial charge in [-0.2, -0.15) is 0 Å². The molecule has 6 heteroatoms. The molecule has 1 saturated heterocycles. The Balaban J connectivity index is 1.45. The molecular weight excluding hydrogens is 416 g/mol. The topological polar surface area (TPSA) is 60.0 Å². The van der Waals surface area contributed by atoms with Crippen molar-refractivity contribution in [2.45, 2.75) is 31.7 Å². The van der Waals surface area contributed by atoms with E-state index in [4.69, 9.17) is 14.2 Å². The van der Waals surface area contributed by atoms with Crippen LogP contribution in [-0.2, 0) is 11.2 Å². The third-order valence-corrected chi connectivity index (χ3v) is 6.66. The van der Waals surface area contributed by atoms with E-state index < -0.39 is 0 Å². The minimum absolute atomic E-state index is 0.0901. The first-order valence-electron chi connectivity index (χ1n) is 12.0. The molecule has 1 amide bonds. The van der Waals surface area contributed by atoms with Crippen LogP contribution in [0.2, 0.25) is 0 Å². The standard InChI is InChI=1S/C27H36N2O4/c1-31-13-6-14-33-26-16-21(9-12-25(26)32-2)27(30)29(24-10-11-24)19-23-18-28-17-22(23)15-20-7-4-3-5-8-20/h3-5,7-9,12,16,22-24,28H,6,10-11,13-15,17-19H2,1-2H3. The summed E-state index contributed by atoms with van der Waals surface area (Å²) in [6.45, 7) is 3.92. The molecule has 4 rings (SSSR count). The van der Waals surface area contributed by atoms with E-state index >= 15 is 0 Å². The molecule has 2 aromatic rings. The molecule has 6 nitrogen and oxygen atoms in total. The third-order valence-electron chi connectivity index (χ3n) is 6.66. The van der Waals surface area contributed by atoms with Crippen molar-refractivity contribution < 1.29 is 19.0 Å². The molecule has 2 aromatic carbocycles. The minimum Gasteiger partial charge on any atom is -0.493 e. The monoisotopic (exact) mass is 452 g/mol. The number of hydrogen-bond acceptors (Lipinski definition) is 5. The Morgan fingerprint density at radius 2 is 1.79 bits per heavy atom. The van der Waals surface area contributed by atoms with Crippen LogP contribution in [0.5, 0.6) is 11.5 Å². The number of amides is 1. The number of methoxy groups -OCH3 is 2. The average Bonchev–Trinajstić information content (AvgIpc) is 3.60. The van der Waals surface area contributed by atoms with Gasteiger partial charge in [0.05, 0.1) is 13.7 Å². The van der Waals surface area contributed by atoms with E-state index in [2.05, 4.69) is 40.5 Å². The zero-order valence-corrected chi connectivity index (χ0v) is 19.8. The highest BCUT2D eigenvalue weighted by molar-refractivity contribution is 5.95. The van der Waals surface area contributed by atoms with E-state index in [0.717, 1.165) is 45.3 Å². The Labute approximate surface area is 197 Å². The minimum atomic E-state index is 0.0901. The summed E-state index contributed by atoms with van der Waals surface area (Å²) in [6, 6.07) is 16.5. The van der Waals surface area contributed by atoms with E-state index in [1.54, 1.807) is 14.2 Å². The lowest BCUT2D eigenvalue weighted by molar-refractivity contribution is 0.0704. The van der Waals surface area contributed by atoms with Crippen LogP contribution in [0.1, 0.15) is 35.2 Å². The molecule has 2 atom stereocenters. The molecular formula is C27H36N2O4. The van der Waals surface area contributed by atoms with Gasteiger partial charge in [-0.3, -0.25) is 4.79 Å². The van der Waals surface area contributed by atoms with Gasteiger partial charge in [-0.25, -0.2) is 0 Å². The number of carbonyl (C=O) groups excluding carboxylic acids is 1. The second kappa shape index (κ2) is 11.5. The Morgan fingerprint density at radius 1 is 1.00 bits per heavy atom. The van der Waals surface area contributed by atoms with Gasteiger partial charge < -0.3 is 24.4 Å². The summed E-state index contributed by atoms with van der Waals surface area (Å²) in [5.74, 6) is 2.34. The second-order valence-corrected chi connectivity index (χ2v) is 9.12. The van der Waals surface area contributed by atoms with Crippen molar-refractivity contribution in [2.75, 3.05) is 47.1 Å². The molecule has 2 unspecified atom stereocenters. The molecule has 1 N–H and O–H groups in total. The van der Waals surface area contributed by atoms with Gasteiger partial charge in [0.15, 0.2) is 11.5 Å². The lowest BCUT2D eigenvalue weighted by Gasteiger charge is -2.29. The van der Waals surface area contributed by atoms with Crippen LogP contribution in [0.4, 0.5) is 0 Å². The molecule has 33 heavy (non-hydrogen) atoms. The smallest absolute Gasteiger partial charge is 0.254 e. The number of rotatable bonds is 12. The van der Waals surface area contributed by atoms with Gasteiger partial charge in [-0.1, -0.05) is 30.3 Å². The van der Waals surface area contributed by atoms with Gasteiger partial charge in [0.2, 0.25) is 0 Å². The van der Waals surface area contributed by atoms with Crippen molar-refractivity contribution in [1.82, 2.24) is 10.2 Å². The maximum Gasteiger partial charge on any atom is 0.254 e. The molecule has 178 valence electrons. The fourth-order valence-corrected chi connectivity index (χ4v) is 4.67. The van der Waals surface area contributed by atoms with Gasteiger partial charge in [-0.15, -0.1) is 0 Å². The molecule has 1 heterocycles. The highest BCUT2D eigenvalue weighted by Gasteiger charge is 2.37. The summed E-state index contributed by atoms with van der Waals surface area (Å²) in [4.78, 5) is 15.7. The van der Waals surface area contributed by atoms with E-state index in [1.165, 1.54) is 5.56 Å². The van der Waals surface area contributed by atoms with Crippen LogP contribution in [0.15, 0.2) is 48.5 Å². The highest BCUT2D eigenvalue weighted by Crippen LogP contribution is 2.34. The van der Waals surface area contributed by atoms with Crippen molar-refractivity contribution >= 4 is 5.91 Å². The summed E-state index contributed by atoms with van der Waals surface area (Å²) in [5.41, 5.74) is 2.03. The van der Waals surface area contributed by atoms with Crippen molar-refractivity contribution in [3.8, 4) is 11.5 Å². The van der Waals surface area contributed by atoms with Crippen LogP contribution in [-0.4, -0.2) is 63.9 Å². The van der Waals surface area contributed by atoms with E-state index in [1.807, 2.05) is 18.2 Å². The Hall–Kier alpha value is -2.57. The van der Waals surface area contributed by atoms with Gasteiger partial charge in [0.25, 0.3) is 5.91 Å². The molecule has 1 saturated carbocycles. The Bertz CT molecular complexity index is 900. The molecule has 2 aliphatic rings. The SMILES string of the molecule is COCCCOc1cc(C(=O)N(CC2CNCC2Cc2ccccc2)C2CC2)ccc1OC. The fraction of sp³-hybridized carbons (Fsp3) is 0.519. The fourth-order valence-electron chi connectivity index (χ4n) is 4.67. The van der Waals surface area contributed by atoms with Crippen LogP contribution >= 0.6 is 0 Å². The van der Waals surface area contributed by atoms with Gasteiger partial charge in [0, 0.05) is 38.3 Å². The first-order valence-corrected chi connectivity index (χ1v) is 12.0. The zero-order chi connectivity index (χ0) is 23.0. The Morgan fingerprint density at radius 3 is 2.52 bits per heavy atom. The summed E-state index contributed by atoms with van der Waals surface area (Å²) < 4.78 is 16.4. The van der Waals surface area contributed by atoms with E-state index in [-0.39, 0.29) is 5.91 Å². The summed E-state index contributed by atoms with van der Waals surface area (Å²) in [6.07, 6.45) is 4.01. The average molecular weight is 453 g/mol. The van der Waals surface area contributed by atoms with Crippen LogP contribution in [0, 0.1) is 11.8 Å². The predicted molar refractivity (Wildman–Crippen MR) is 129 cm³/mol. The van der Waals surface area contributed by atoms with Gasteiger partial charge >= 0.3 is 0 Å². The maximum absolute atomic E-state index is 13.6. The largest absolute Gasteiger partial charge is 0.493 e. The molecule has 0 spiro atoms. The van der Waals surface area contributed by atoms with Gasteiger partial charge in [-0.05, 0) is 68.0 Å². The first kappa shape index (κ1) is 23.6. The number of ether oxygens (including phenoxy) is 3. The molecule has 0 aromatic heterocycles. The lowest BCUT2D eigenvalue weighted by atomic mass is 9.89. The second-order valence-electron chi connectivity index (χ2n) is 9.12. The number of benzene rings is 2. The van der Waals surface area contributed by atoms with Crippen molar-refractivity contribution in [3.63, 3.8) is 0 Å². The van der Waals surface area contributed by atoms with Crippen molar-refractivity contribution in [1.29, 1.82) is 0 Å². The highest BCUT2D eigenvalue weighted by atomic mass is 16.5. The number of carbonyl (C=O) groups is 1. The van der Waals surface area contributed by atoms with E-state index in [9.17, 15) is 4.79 Å². The number of nitrogens with zero attached hydrogens (tertiary/aromatic N) is 1. The van der Waals surface area contributed by atoms with Crippen molar-refractivity contribution in [2.24, 2.45) is 11.8 Å². The first-order chi connectivity index (χ1) is 16.2. The molecule has 1 aliphatic heterocycles. The lowest BCUT2D eigenvalue weighted by Crippen LogP contribution is -2.39. The third kappa shape index (κ3) is 6.27. The summed E-state index contributed by atoms with van der Waals surface area (Å²) in [7, 11) is 3.30. The molecule has 0 bridgehead atoms. The van der Waals surface area contributed by atoms with Crippen LogP contribution in [0.3, 0.4) is 0 Å². The molecule has 2 fully saturated rings. The molecule has 0 radical (unpaired) electrons. The quantitative estimate of drug-likeness (QED) is 0.497. The van der Waals surface area contributed by atoms with Crippen molar-refractivity contribution in [3.05, 3.63) is 59.7 Å². The molecule has 1 aliphatic carbocycles.